The Kier molecular flexibility index (Phi) is 4.36. The van der Waals surface area contributed by atoms with Gasteiger partial charge in [0.05, 0.1) is 12.0 Å². The van der Waals surface area contributed by atoms with Gasteiger partial charge in [0.1, 0.15) is 0 Å². The van der Waals surface area contributed by atoms with Crippen LogP contribution in [0.25, 0.3) is 0 Å². The molecule has 7 heteroatoms. The molecule has 0 aliphatic rings. The van der Waals surface area contributed by atoms with Crippen molar-refractivity contribution in [2.45, 2.75) is 11.4 Å². The number of carbonyl (C=O) groups excluding carboxylic acids is 1. The van der Waals surface area contributed by atoms with Crippen molar-refractivity contribution in [3.63, 3.8) is 0 Å². The number of nitrogens with zero attached hydrogens (tertiary/aromatic N) is 1. The third kappa shape index (κ3) is 3.90. The first-order valence-corrected chi connectivity index (χ1v) is 6.98. The van der Waals surface area contributed by atoms with E-state index in [0.717, 1.165) is 5.56 Å². The van der Waals surface area contributed by atoms with Crippen LogP contribution in [0.4, 0.5) is 4.79 Å². The number of carbonyl (C=O) groups is 1. The minimum Gasteiger partial charge on any atom is -0.453 e. The van der Waals surface area contributed by atoms with E-state index in [0.29, 0.717) is 6.54 Å². The summed E-state index contributed by atoms with van der Waals surface area (Å²) in [5.41, 5.74) is 0.780. The second kappa shape index (κ2) is 5.37. The van der Waals surface area contributed by atoms with Crippen molar-refractivity contribution in [3.05, 3.63) is 29.8 Å². The van der Waals surface area contributed by atoms with Crippen molar-refractivity contribution in [2.75, 3.05) is 14.2 Å². The van der Waals surface area contributed by atoms with Crippen LogP contribution >= 0.6 is 10.7 Å². The summed E-state index contributed by atoms with van der Waals surface area (Å²) in [4.78, 5) is 12.5. The summed E-state index contributed by atoms with van der Waals surface area (Å²) in [6, 6.07) is 5.97. The fourth-order valence-corrected chi connectivity index (χ4v) is 2.02. The molecular formula is C10H12ClNO4S. The lowest BCUT2D eigenvalue weighted by atomic mass is 10.2. The van der Waals surface area contributed by atoms with Crippen molar-refractivity contribution in [2.24, 2.45) is 0 Å². The van der Waals surface area contributed by atoms with E-state index in [1.807, 2.05) is 0 Å². The Bertz CT molecular complexity index is 498. The van der Waals surface area contributed by atoms with Crippen molar-refractivity contribution in [1.82, 2.24) is 4.90 Å². The van der Waals surface area contributed by atoms with E-state index in [1.54, 1.807) is 19.2 Å². The number of halogens is 1. The topological polar surface area (TPSA) is 63.7 Å². The molecule has 0 aromatic heterocycles. The molecule has 1 amide bonds. The van der Waals surface area contributed by atoms with Crippen molar-refractivity contribution < 1.29 is 17.9 Å². The van der Waals surface area contributed by atoms with Gasteiger partial charge in [0.2, 0.25) is 0 Å². The van der Waals surface area contributed by atoms with Crippen LogP contribution in [-0.4, -0.2) is 33.6 Å². The smallest absolute Gasteiger partial charge is 0.409 e. The Morgan fingerprint density at radius 3 is 2.29 bits per heavy atom. The van der Waals surface area contributed by atoms with Gasteiger partial charge in [-0.3, -0.25) is 0 Å². The maximum atomic E-state index is 11.1. The van der Waals surface area contributed by atoms with Gasteiger partial charge in [-0.2, -0.15) is 0 Å². The second-order valence-electron chi connectivity index (χ2n) is 3.41. The van der Waals surface area contributed by atoms with E-state index < -0.39 is 15.1 Å². The van der Waals surface area contributed by atoms with Crippen LogP contribution in [0.3, 0.4) is 0 Å². The Morgan fingerprint density at radius 2 is 1.88 bits per heavy atom. The normalized spacial score (nSPS) is 11.0. The SMILES string of the molecule is COC(=O)N(C)Cc1ccc(S(=O)(=O)Cl)cc1. The van der Waals surface area contributed by atoms with Gasteiger partial charge in [-0.05, 0) is 17.7 Å². The molecular weight excluding hydrogens is 266 g/mol. The fourth-order valence-electron chi connectivity index (χ4n) is 1.25. The third-order valence-corrected chi connectivity index (χ3v) is 3.48. The van der Waals surface area contributed by atoms with Crippen molar-refractivity contribution >= 4 is 25.8 Å². The monoisotopic (exact) mass is 277 g/mol. The molecule has 0 aliphatic heterocycles. The number of methoxy groups -OCH3 is 1. The molecule has 0 radical (unpaired) electrons. The van der Waals surface area contributed by atoms with Gasteiger partial charge in [-0.25, -0.2) is 13.2 Å². The van der Waals surface area contributed by atoms with Gasteiger partial charge in [-0.15, -0.1) is 0 Å². The Labute approximate surface area is 104 Å². The zero-order chi connectivity index (χ0) is 13.1. The van der Waals surface area contributed by atoms with Crippen LogP contribution in [0.2, 0.25) is 0 Å². The molecule has 0 atom stereocenters. The quantitative estimate of drug-likeness (QED) is 0.791. The average Bonchev–Trinajstić information content (AvgIpc) is 2.27. The van der Waals surface area contributed by atoms with Crippen molar-refractivity contribution in [1.29, 1.82) is 0 Å². The number of hydrogen-bond acceptors (Lipinski definition) is 4. The molecule has 0 unspecified atom stereocenters. The lowest BCUT2D eigenvalue weighted by molar-refractivity contribution is 0.131. The highest BCUT2D eigenvalue weighted by atomic mass is 35.7. The standard InChI is InChI=1S/C10H12ClNO4S/c1-12(10(13)16-2)7-8-3-5-9(6-4-8)17(11,14)15/h3-6H,7H2,1-2H3. The Balaban J connectivity index is 2.79. The van der Waals surface area contributed by atoms with E-state index >= 15 is 0 Å². The zero-order valence-electron chi connectivity index (χ0n) is 9.38. The van der Waals surface area contributed by atoms with E-state index in [4.69, 9.17) is 10.7 Å². The highest BCUT2D eigenvalue weighted by Crippen LogP contribution is 2.16. The molecule has 0 saturated heterocycles. The number of hydrogen-bond donors (Lipinski definition) is 0. The second-order valence-corrected chi connectivity index (χ2v) is 5.97. The fraction of sp³-hybridized carbons (Fsp3) is 0.300. The van der Waals surface area contributed by atoms with E-state index in [-0.39, 0.29) is 4.90 Å². The molecule has 17 heavy (non-hydrogen) atoms. The lowest BCUT2D eigenvalue weighted by Gasteiger charge is -2.15. The molecule has 5 nitrogen and oxygen atoms in total. The molecule has 0 saturated carbocycles. The van der Waals surface area contributed by atoms with Crippen molar-refractivity contribution in [3.8, 4) is 0 Å². The first-order valence-electron chi connectivity index (χ1n) is 4.67. The van der Waals surface area contributed by atoms with Crippen LogP contribution in [0.15, 0.2) is 29.2 Å². The largest absolute Gasteiger partial charge is 0.453 e. The first kappa shape index (κ1) is 13.8. The predicted octanol–water partition coefficient (Wildman–Crippen LogP) is 1.81. The minimum absolute atomic E-state index is 0.0311. The van der Waals surface area contributed by atoms with E-state index in [2.05, 4.69) is 4.74 Å². The molecule has 1 rings (SSSR count). The van der Waals surface area contributed by atoms with E-state index in [1.165, 1.54) is 24.1 Å². The summed E-state index contributed by atoms with van der Waals surface area (Å²) in [7, 11) is 4.35. The molecule has 0 spiro atoms. The molecule has 0 aliphatic carbocycles. The zero-order valence-corrected chi connectivity index (χ0v) is 11.0. The average molecular weight is 278 g/mol. The first-order chi connectivity index (χ1) is 7.84. The summed E-state index contributed by atoms with van der Waals surface area (Å²) in [6.07, 6.45) is -0.459. The van der Waals surface area contributed by atoms with Crippen LogP contribution < -0.4 is 0 Å². The minimum atomic E-state index is -3.70. The molecule has 94 valence electrons. The Morgan fingerprint density at radius 1 is 1.35 bits per heavy atom. The molecule has 1 aromatic carbocycles. The van der Waals surface area contributed by atoms with Crippen LogP contribution in [0.1, 0.15) is 5.56 Å². The van der Waals surface area contributed by atoms with Crippen LogP contribution in [0, 0.1) is 0 Å². The summed E-state index contributed by atoms with van der Waals surface area (Å²) in [6.45, 7) is 0.329. The maximum absolute atomic E-state index is 11.1. The van der Waals surface area contributed by atoms with Crippen LogP contribution in [-0.2, 0) is 20.3 Å². The van der Waals surface area contributed by atoms with Gasteiger partial charge in [0, 0.05) is 24.3 Å². The summed E-state index contributed by atoms with van der Waals surface area (Å²) < 4.78 is 26.5. The molecule has 1 aromatic rings. The van der Waals surface area contributed by atoms with Gasteiger partial charge < -0.3 is 9.64 Å². The highest BCUT2D eigenvalue weighted by molar-refractivity contribution is 8.13. The number of amides is 1. The van der Waals surface area contributed by atoms with Gasteiger partial charge in [-0.1, -0.05) is 12.1 Å². The molecule has 0 bridgehead atoms. The maximum Gasteiger partial charge on any atom is 0.409 e. The summed E-state index contributed by atoms with van der Waals surface area (Å²) in [5.74, 6) is 0. The number of ether oxygens (including phenoxy) is 1. The molecule has 0 fully saturated rings. The Hall–Kier alpha value is -1.27. The third-order valence-electron chi connectivity index (χ3n) is 2.11. The highest BCUT2D eigenvalue weighted by Gasteiger charge is 2.11. The van der Waals surface area contributed by atoms with Gasteiger partial charge in [0.15, 0.2) is 0 Å². The van der Waals surface area contributed by atoms with Gasteiger partial charge >= 0.3 is 6.09 Å². The molecule has 0 N–H and O–H groups in total. The predicted molar refractivity (Wildman–Crippen MR) is 63.4 cm³/mol. The lowest BCUT2D eigenvalue weighted by Crippen LogP contribution is -2.25. The number of benzene rings is 1. The summed E-state index contributed by atoms with van der Waals surface area (Å²) in [5, 5.41) is 0. The van der Waals surface area contributed by atoms with E-state index in [9.17, 15) is 13.2 Å². The summed E-state index contributed by atoms with van der Waals surface area (Å²) >= 11 is 0. The van der Waals surface area contributed by atoms with Crippen LogP contribution in [0.5, 0.6) is 0 Å². The van der Waals surface area contributed by atoms with Gasteiger partial charge in [0.25, 0.3) is 9.05 Å². The molecule has 0 heterocycles. The number of rotatable bonds is 3.